The molecule has 0 aliphatic carbocycles. The number of anilines is 1. The van der Waals surface area contributed by atoms with Crippen LogP contribution in [0.25, 0.3) is 0 Å². The van der Waals surface area contributed by atoms with Gasteiger partial charge in [0.25, 0.3) is 0 Å². The fraction of sp³-hybridized carbons (Fsp3) is 0.615. The van der Waals surface area contributed by atoms with Crippen molar-refractivity contribution in [2.45, 2.75) is 24.9 Å². The summed E-state index contributed by atoms with van der Waals surface area (Å²) in [6.45, 7) is 7.06. The van der Waals surface area contributed by atoms with Gasteiger partial charge in [-0.05, 0) is 20.1 Å². The predicted molar refractivity (Wildman–Crippen MR) is 84.6 cm³/mol. The third-order valence-electron chi connectivity index (χ3n) is 2.83. The molecule has 5 nitrogen and oxygen atoms in total. The molecule has 0 unspecified atom stereocenters. The standard InChI is InChI=1S/C13H19ClN4OS/c1-9(2)15-8-10-12(18-4-6-19-7-5-18)17-11(14)13(16-10)20-3/h8-9H,4-7H2,1-3H3. The average Bonchev–Trinajstić information content (AvgIpc) is 2.46. The summed E-state index contributed by atoms with van der Waals surface area (Å²) in [6.07, 6.45) is 3.73. The van der Waals surface area contributed by atoms with E-state index in [1.54, 1.807) is 6.21 Å². The van der Waals surface area contributed by atoms with Crippen molar-refractivity contribution in [2.75, 3.05) is 37.5 Å². The van der Waals surface area contributed by atoms with Crippen LogP contribution in [0.4, 0.5) is 5.82 Å². The summed E-state index contributed by atoms with van der Waals surface area (Å²) in [5, 5.41) is 1.18. The third-order valence-corrected chi connectivity index (χ3v) is 3.88. The summed E-state index contributed by atoms with van der Waals surface area (Å²) < 4.78 is 5.37. The molecule has 7 heteroatoms. The molecule has 110 valence electrons. The van der Waals surface area contributed by atoms with Crippen molar-refractivity contribution in [3.63, 3.8) is 0 Å². The molecule has 0 radical (unpaired) electrons. The highest BCUT2D eigenvalue weighted by molar-refractivity contribution is 7.98. The van der Waals surface area contributed by atoms with E-state index in [-0.39, 0.29) is 6.04 Å². The van der Waals surface area contributed by atoms with Crippen LogP contribution in [0.1, 0.15) is 19.5 Å². The second-order valence-electron chi connectivity index (χ2n) is 4.70. The Morgan fingerprint density at radius 2 is 2.05 bits per heavy atom. The number of rotatable bonds is 4. The maximum atomic E-state index is 6.19. The smallest absolute Gasteiger partial charge is 0.163 e. The van der Waals surface area contributed by atoms with Gasteiger partial charge in [-0.2, -0.15) is 0 Å². The number of morpholine rings is 1. The van der Waals surface area contributed by atoms with Crippen LogP contribution in [0.5, 0.6) is 0 Å². The number of aliphatic imine (C=N–C) groups is 1. The molecule has 1 aromatic rings. The number of halogens is 1. The molecule has 2 rings (SSSR count). The molecule has 20 heavy (non-hydrogen) atoms. The van der Waals surface area contributed by atoms with E-state index in [1.165, 1.54) is 11.8 Å². The fourth-order valence-corrected chi connectivity index (χ4v) is 2.61. The Morgan fingerprint density at radius 3 is 2.65 bits per heavy atom. The Balaban J connectivity index is 2.38. The van der Waals surface area contributed by atoms with Gasteiger partial charge in [-0.25, -0.2) is 9.97 Å². The van der Waals surface area contributed by atoms with E-state index < -0.39 is 0 Å². The Hall–Kier alpha value is -0.850. The first-order chi connectivity index (χ1) is 9.61. The van der Waals surface area contributed by atoms with Crippen LogP contribution in [-0.4, -0.2) is 54.8 Å². The van der Waals surface area contributed by atoms with Gasteiger partial charge < -0.3 is 9.64 Å². The van der Waals surface area contributed by atoms with E-state index in [4.69, 9.17) is 16.3 Å². The average molecular weight is 315 g/mol. The van der Waals surface area contributed by atoms with E-state index in [1.807, 2.05) is 20.1 Å². The lowest BCUT2D eigenvalue weighted by molar-refractivity contribution is 0.122. The van der Waals surface area contributed by atoms with Gasteiger partial charge in [0.2, 0.25) is 0 Å². The van der Waals surface area contributed by atoms with Crippen LogP contribution in [0.3, 0.4) is 0 Å². The molecule has 1 aliphatic rings. The van der Waals surface area contributed by atoms with E-state index in [2.05, 4.69) is 19.9 Å². The Kier molecular flexibility index (Phi) is 5.63. The lowest BCUT2D eigenvalue weighted by atomic mass is 10.3. The van der Waals surface area contributed by atoms with E-state index in [0.29, 0.717) is 18.4 Å². The second kappa shape index (κ2) is 7.24. The molecule has 1 aliphatic heterocycles. The van der Waals surface area contributed by atoms with Crippen molar-refractivity contribution in [1.82, 2.24) is 9.97 Å². The molecular formula is C13H19ClN4OS. The van der Waals surface area contributed by atoms with Crippen molar-refractivity contribution >= 4 is 35.4 Å². The van der Waals surface area contributed by atoms with Gasteiger partial charge in [-0.3, -0.25) is 4.99 Å². The Labute approximate surface area is 128 Å². The lowest BCUT2D eigenvalue weighted by Gasteiger charge is -2.28. The van der Waals surface area contributed by atoms with Gasteiger partial charge in [0.15, 0.2) is 11.0 Å². The van der Waals surface area contributed by atoms with Gasteiger partial charge in [0.05, 0.1) is 19.4 Å². The molecule has 0 aromatic carbocycles. The third kappa shape index (κ3) is 3.84. The van der Waals surface area contributed by atoms with Gasteiger partial charge >= 0.3 is 0 Å². The highest BCUT2D eigenvalue weighted by atomic mass is 35.5. The maximum Gasteiger partial charge on any atom is 0.163 e. The molecule has 1 fully saturated rings. The quantitative estimate of drug-likeness (QED) is 0.631. The zero-order chi connectivity index (χ0) is 14.5. The van der Waals surface area contributed by atoms with Crippen LogP contribution < -0.4 is 4.90 Å². The number of hydrogen-bond acceptors (Lipinski definition) is 6. The fourth-order valence-electron chi connectivity index (χ4n) is 1.85. The van der Waals surface area contributed by atoms with E-state index in [9.17, 15) is 0 Å². The summed E-state index contributed by atoms with van der Waals surface area (Å²) >= 11 is 7.68. The van der Waals surface area contributed by atoms with Crippen molar-refractivity contribution in [3.05, 3.63) is 10.8 Å². The normalized spacial score (nSPS) is 16.4. The van der Waals surface area contributed by atoms with Gasteiger partial charge in [-0.1, -0.05) is 11.6 Å². The molecule has 0 N–H and O–H groups in total. The molecule has 2 heterocycles. The first-order valence-electron chi connectivity index (χ1n) is 6.59. The number of hydrogen-bond donors (Lipinski definition) is 0. The molecule has 0 spiro atoms. The highest BCUT2D eigenvalue weighted by Gasteiger charge is 2.19. The number of thioether (sulfide) groups is 1. The second-order valence-corrected chi connectivity index (χ2v) is 5.86. The number of nitrogens with zero attached hydrogens (tertiary/aromatic N) is 4. The Bertz CT molecular complexity index is 490. The number of ether oxygens (including phenoxy) is 1. The van der Waals surface area contributed by atoms with Crippen LogP contribution >= 0.6 is 23.4 Å². The van der Waals surface area contributed by atoms with Crippen molar-refractivity contribution in [3.8, 4) is 0 Å². The minimum atomic E-state index is 0.225. The van der Waals surface area contributed by atoms with Crippen molar-refractivity contribution in [2.24, 2.45) is 4.99 Å². The minimum absolute atomic E-state index is 0.225. The molecular weight excluding hydrogens is 296 g/mol. The summed E-state index contributed by atoms with van der Waals surface area (Å²) in [4.78, 5) is 15.6. The summed E-state index contributed by atoms with van der Waals surface area (Å²) in [5.41, 5.74) is 0.773. The van der Waals surface area contributed by atoms with Gasteiger partial charge in [0, 0.05) is 19.1 Å². The van der Waals surface area contributed by atoms with Crippen LogP contribution in [-0.2, 0) is 4.74 Å². The minimum Gasteiger partial charge on any atom is -0.378 e. The summed E-state index contributed by atoms with van der Waals surface area (Å²) in [7, 11) is 0. The van der Waals surface area contributed by atoms with Gasteiger partial charge in [-0.15, -0.1) is 11.8 Å². The molecule has 1 aromatic heterocycles. The number of aromatic nitrogens is 2. The highest BCUT2D eigenvalue weighted by Crippen LogP contribution is 2.26. The van der Waals surface area contributed by atoms with Crippen LogP contribution in [0.2, 0.25) is 5.15 Å². The monoisotopic (exact) mass is 314 g/mol. The summed E-state index contributed by atoms with van der Waals surface area (Å²) in [6, 6.07) is 0.225. The van der Waals surface area contributed by atoms with Crippen molar-refractivity contribution < 1.29 is 4.74 Å². The largest absolute Gasteiger partial charge is 0.378 e. The summed E-state index contributed by atoms with van der Waals surface area (Å²) in [5.74, 6) is 0.792. The predicted octanol–water partition coefficient (Wildman–Crippen LogP) is 2.52. The first-order valence-corrected chi connectivity index (χ1v) is 8.19. The SMILES string of the molecule is CSc1nc(C=NC(C)C)c(N2CCOCC2)nc1Cl. The molecule has 1 saturated heterocycles. The van der Waals surface area contributed by atoms with Crippen molar-refractivity contribution in [1.29, 1.82) is 0 Å². The maximum absolute atomic E-state index is 6.19. The van der Waals surface area contributed by atoms with E-state index in [0.717, 1.165) is 29.6 Å². The molecule has 0 atom stereocenters. The zero-order valence-electron chi connectivity index (χ0n) is 12.0. The molecule has 0 saturated carbocycles. The topological polar surface area (TPSA) is 50.6 Å². The molecule has 0 amide bonds. The zero-order valence-corrected chi connectivity index (χ0v) is 13.5. The van der Waals surface area contributed by atoms with Crippen LogP contribution in [0.15, 0.2) is 10.0 Å². The van der Waals surface area contributed by atoms with Crippen LogP contribution in [0, 0.1) is 0 Å². The lowest BCUT2D eigenvalue weighted by Crippen LogP contribution is -2.37. The Morgan fingerprint density at radius 1 is 1.35 bits per heavy atom. The molecule has 0 bridgehead atoms. The first kappa shape index (κ1) is 15.5. The van der Waals surface area contributed by atoms with Gasteiger partial charge in [0.1, 0.15) is 10.7 Å². The van der Waals surface area contributed by atoms with E-state index >= 15 is 0 Å².